The predicted octanol–water partition coefficient (Wildman–Crippen LogP) is 4.83. The molecule has 4 rings (SSSR count). The van der Waals surface area contributed by atoms with Gasteiger partial charge >= 0.3 is 0 Å². The lowest BCUT2D eigenvalue weighted by molar-refractivity contribution is 0.122. The van der Waals surface area contributed by atoms with Crippen LogP contribution in [0.2, 0.25) is 0 Å². The van der Waals surface area contributed by atoms with Gasteiger partial charge in [0, 0.05) is 31.9 Å². The molecule has 0 unspecified atom stereocenters. The summed E-state index contributed by atoms with van der Waals surface area (Å²) in [5.41, 5.74) is 4.26. The van der Waals surface area contributed by atoms with E-state index in [1.165, 1.54) is 5.69 Å². The summed E-state index contributed by atoms with van der Waals surface area (Å²) in [6.07, 6.45) is 2.08. The summed E-state index contributed by atoms with van der Waals surface area (Å²) < 4.78 is 7.32. The Hall–Kier alpha value is -2.57. The molecule has 0 aliphatic carbocycles. The van der Waals surface area contributed by atoms with Crippen molar-refractivity contribution in [1.82, 2.24) is 3.96 Å². The van der Waals surface area contributed by atoms with Gasteiger partial charge in [-0.2, -0.15) is 0 Å². The maximum atomic E-state index is 13.0. The molecule has 1 aliphatic heterocycles. The number of anilines is 2. The number of aromatic nitrogens is 1. The van der Waals surface area contributed by atoms with Gasteiger partial charge in [-0.15, -0.1) is 0 Å². The van der Waals surface area contributed by atoms with Crippen LogP contribution in [0.25, 0.3) is 10.4 Å². The van der Waals surface area contributed by atoms with Crippen molar-refractivity contribution in [3.63, 3.8) is 0 Å². The highest BCUT2D eigenvalue weighted by Gasteiger charge is 2.16. The third kappa shape index (κ3) is 4.77. The smallest absolute Gasteiger partial charge is 0.284 e. The van der Waals surface area contributed by atoms with E-state index in [0.29, 0.717) is 12.2 Å². The molecule has 1 fully saturated rings. The van der Waals surface area contributed by atoms with E-state index in [1.807, 2.05) is 22.2 Å². The van der Waals surface area contributed by atoms with Crippen LogP contribution in [0.3, 0.4) is 0 Å². The molecule has 5 nitrogen and oxygen atoms in total. The van der Waals surface area contributed by atoms with Crippen molar-refractivity contribution in [2.24, 2.45) is 0 Å². The van der Waals surface area contributed by atoms with E-state index < -0.39 is 0 Å². The molecule has 0 amide bonds. The van der Waals surface area contributed by atoms with Crippen LogP contribution in [0.15, 0.2) is 59.4 Å². The first-order chi connectivity index (χ1) is 14.8. The van der Waals surface area contributed by atoms with E-state index >= 15 is 0 Å². The Kier molecular flexibility index (Phi) is 6.87. The first kappa shape index (κ1) is 20.7. The zero-order valence-corrected chi connectivity index (χ0v) is 18.3. The summed E-state index contributed by atoms with van der Waals surface area (Å²) in [6.45, 7) is 6.99. The molecule has 3 aromatic rings. The molecular weight excluding hydrogens is 394 g/mol. The molecule has 0 radical (unpaired) electrons. The lowest BCUT2D eigenvalue weighted by atomic mass is 10.1. The van der Waals surface area contributed by atoms with E-state index in [1.54, 1.807) is 11.5 Å². The van der Waals surface area contributed by atoms with Crippen molar-refractivity contribution < 1.29 is 4.74 Å². The van der Waals surface area contributed by atoms with Gasteiger partial charge < -0.3 is 15.0 Å². The molecule has 158 valence electrons. The monoisotopic (exact) mass is 423 g/mol. The third-order valence-electron chi connectivity index (χ3n) is 5.40. The third-order valence-corrected chi connectivity index (χ3v) is 6.59. The first-order valence-corrected chi connectivity index (χ1v) is 11.5. The van der Waals surface area contributed by atoms with E-state index in [4.69, 9.17) is 4.74 Å². The molecule has 1 aromatic heterocycles. The predicted molar refractivity (Wildman–Crippen MR) is 126 cm³/mol. The van der Waals surface area contributed by atoms with E-state index in [2.05, 4.69) is 53.5 Å². The summed E-state index contributed by atoms with van der Waals surface area (Å²) in [6, 6.07) is 18.8. The Morgan fingerprint density at radius 2 is 1.77 bits per heavy atom. The molecule has 30 heavy (non-hydrogen) atoms. The highest BCUT2D eigenvalue weighted by Crippen LogP contribution is 2.31. The topological polar surface area (TPSA) is 46.5 Å². The molecule has 2 aromatic carbocycles. The number of morpholine rings is 1. The van der Waals surface area contributed by atoms with Gasteiger partial charge in [-0.1, -0.05) is 67.3 Å². The van der Waals surface area contributed by atoms with E-state index in [9.17, 15) is 4.79 Å². The second-order valence-corrected chi connectivity index (χ2v) is 8.57. The Bertz CT molecular complexity index is 990. The Balaban J connectivity index is 1.52. The van der Waals surface area contributed by atoms with Crippen molar-refractivity contribution >= 4 is 22.9 Å². The lowest BCUT2D eigenvalue weighted by Crippen LogP contribution is -2.36. The van der Waals surface area contributed by atoms with E-state index in [-0.39, 0.29) is 5.56 Å². The highest BCUT2D eigenvalue weighted by molar-refractivity contribution is 7.10. The SMILES string of the molecule is CCCCn1sc(-c2ccccc2)c(NCc2ccc(N3CCOCC3)cc2)c1=O. The van der Waals surface area contributed by atoms with Gasteiger partial charge in [0.05, 0.1) is 18.1 Å². The maximum Gasteiger partial charge on any atom is 0.284 e. The van der Waals surface area contributed by atoms with Crippen molar-refractivity contribution in [3.05, 3.63) is 70.5 Å². The quantitative estimate of drug-likeness (QED) is 0.564. The summed E-state index contributed by atoms with van der Waals surface area (Å²) >= 11 is 1.56. The molecular formula is C24H29N3O2S. The number of hydrogen-bond donors (Lipinski definition) is 1. The van der Waals surface area contributed by atoms with Crippen LogP contribution in [0.1, 0.15) is 25.3 Å². The Morgan fingerprint density at radius 1 is 1.03 bits per heavy atom. The van der Waals surface area contributed by atoms with Gasteiger partial charge in [-0.25, -0.2) is 0 Å². The minimum atomic E-state index is 0.0808. The molecule has 0 atom stereocenters. The Morgan fingerprint density at radius 3 is 2.47 bits per heavy atom. The van der Waals surface area contributed by atoms with Crippen LogP contribution >= 0.6 is 11.5 Å². The summed E-state index contributed by atoms with van der Waals surface area (Å²) in [5, 5.41) is 3.44. The van der Waals surface area contributed by atoms with E-state index in [0.717, 1.165) is 61.7 Å². The van der Waals surface area contributed by atoms with Crippen LogP contribution in [0.5, 0.6) is 0 Å². The van der Waals surface area contributed by atoms with Crippen LogP contribution in [-0.4, -0.2) is 30.3 Å². The number of nitrogens with one attached hydrogen (secondary N) is 1. The number of rotatable bonds is 8. The van der Waals surface area contributed by atoms with Gasteiger partial charge in [-0.05, 0) is 29.7 Å². The number of unbranched alkanes of at least 4 members (excludes halogenated alkanes) is 1. The molecule has 0 saturated carbocycles. The molecule has 1 N–H and O–H groups in total. The van der Waals surface area contributed by atoms with Crippen LogP contribution in [-0.2, 0) is 17.8 Å². The largest absolute Gasteiger partial charge is 0.378 e. The fourth-order valence-corrected chi connectivity index (χ4v) is 4.75. The minimum Gasteiger partial charge on any atom is -0.378 e. The average Bonchev–Trinajstić information content (AvgIpc) is 3.13. The second-order valence-electron chi connectivity index (χ2n) is 7.54. The van der Waals surface area contributed by atoms with Gasteiger partial charge in [-0.3, -0.25) is 8.75 Å². The normalized spacial score (nSPS) is 14.1. The van der Waals surface area contributed by atoms with Gasteiger partial charge in [0.2, 0.25) is 0 Å². The van der Waals surface area contributed by atoms with Crippen LogP contribution in [0.4, 0.5) is 11.4 Å². The first-order valence-electron chi connectivity index (χ1n) is 10.7. The maximum absolute atomic E-state index is 13.0. The van der Waals surface area contributed by atoms with Crippen molar-refractivity contribution in [2.75, 3.05) is 36.5 Å². The average molecular weight is 424 g/mol. The van der Waals surface area contributed by atoms with Gasteiger partial charge in [0.1, 0.15) is 5.69 Å². The molecule has 1 aliphatic rings. The number of nitrogens with zero attached hydrogens (tertiary/aromatic N) is 2. The molecule has 2 heterocycles. The summed E-state index contributed by atoms with van der Waals surface area (Å²) in [5.74, 6) is 0. The zero-order chi connectivity index (χ0) is 20.8. The molecule has 0 bridgehead atoms. The minimum absolute atomic E-state index is 0.0808. The molecule has 0 spiro atoms. The fraction of sp³-hybridized carbons (Fsp3) is 0.375. The zero-order valence-electron chi connectivity index (χ0n) is 17.5. The second kappa shape index (κ2) is 9.96. The molecule has 6 heteroatoms. The Labute approximate surface area is 182 Å². The fourth-order valence-electron chi connectivity index (χ4n) is 3.65. The van der Waals surface area contributed by atoms with Crippen molar-refractivity contribution in [3.8, 4) is 10.4 Å². The number of ether oxygens (including phenoxy) is 1. The van der Waals surface area contributed by atoms with Crippen molar-refractivity contribution in [2.45, 2.75) is 32.9 Å². The number of hydrogen-bond acceptors (Lipinski definition) is 5. The highest BCUT2D eigenvalue weighted by atomic mass is 32.1. The van der Waals surface area contributed by atoms with Gasteiger partial charge in [0.25, 0.3) is 5.56 Å². The number of benzene rings is 2. The lowest BCUT2D eigenvalue weighted by Gasteiger charge is -2.28. The summed E-state index contributed by atoms with van der Waals surface area (Å²) in [7, 11) is 0. The standard InChI is InChI=1S/C24H29N3O2S/c1-2-3-13-27-24(28)22(23(30-27)20-7-5-4-6-8-20)25-18-19-9-11-21(12-10-19)26-14-16-29-17-15-26/h4-12,25H,2-3,13-18H2,1H3. The number of aryl methyl sites for hydroxylation is 1. The summed E-state index contributed by atoms with van der Waals surface area (Å²) in [4.78, 5) is 16.4. The van der Waals surface area contributed by atoms with Crippen molar-refractivity contribution in [1.29, 1.82) is 0 Å². The van der Waals surface area contributed by atoms with Gasteiger partial charge in [0.15, 0.2) is 0 Å². The molecule has 1 saturated heterocycles. The van der Waals surface area contributed by atoms with Crippen LogP contribution in [0, 0.1) is 0 Å². The van der Waals surface area contributed by atoms with Crippen LogP contribution < -0.4 is 15.8 Å².